The summed E-state index contributed by atoms with van der Waals surface area (Å²) < 4.78 is 10.3. The van der Waals surface area contributed by atoms with Gasteiger partial charge in [0.05, 0.1) is 0 Å². The van der Waals surface area contributed by atoms with Crippen LogP contribution in [0.15, 0.2) is 0 Å². The molecule has 0 aliphatic rings. The first-order chi connectivity index (χ1) is 4.91. The zero-order valence-electron chi connectivity index (χ0n) is 7.06. The maximum atomic E-state index is 5.25. The third-order valence-electron chi connectivity index (χ3n) is 1.22. The van der Waals surface area contributed by atoms with Crippen molar-refractivity contribution in [2.75, 3.05) is 26.4 Å². The summed E-state index contributed by atoms with van der Waals surface area (Å²) in [5, 5.41) is 1.20. The van der Waals surface area contributed by atoms with E-state index in [4.69, 9.17) is 9.47 Å². The van der Waals surface area contributed by atoms with Crippen LogP contribution in [0, 0.1) is 0 Å². The SMILES string of the molecule is [Li][CH2]CCOCCOCC. The van der Waals surface area contributed by atoms with Crippen LogP contribution in [0.5, 0.6) is 0 Å². The van der Waals surface area contributed by atoms with E-state index in [-0.39, 0.29) is 0 Å². The molecular weight excluding hydrogens is 123 g/mol. The fraction of sp³-hybridized carbons (Fsp3) is 1.00. The van der Waals surface area contributed by atoms with Crippen molar-refractivity contribution in [3.05, 3.63) is 0 Å². The average Bonchev–Trinajstić information content (AvgIpc) is 1.97. The van der Waals surface area contributed by atoms with Gasteiger partial charge >= 0.3 is 72.1 Å². The van der Waals surface area contributed by atoms with E-state index in [0.29, 0.717) is 0 Å². The minimum atomic E-state index is 0.736. The molecule has 0 aromatic rings. The van der Waals surface area contributed by atoms with Crippen molar-refractivity contribution >= 4 is 17.7 Å². The summed E-state index contributed by atoms with van der Waals surface area (Å²) in [6, 6.07) is 0. The van der Waals surface area contributed by atoms with Crippen LogP contribution in [0.2, 0.25) is 5.09 Å². The van der Waals surface area contributed by atoms with Crippen molar-refractivity contribution in [2.24, 2.45) is 0 Å². The normalized spacial score (nSPS) is 10.3. The van der Waals surface area contributed by atoms with Gasteiger partial charge in [0.2, 0.25) is 0 Å². The van der Waals surface area contributed by atoms with Gasteiger partial charge in [-0.1, -0.05) is 0 Å². The monoisotopic (exact) mass is 138 g/mol. The van der Waals surface area contributed by atoms with Gasteiger partial charge in [-0.2, -0.15) is 0 Å². The van der Waals surface area contributed by atoms with Gasteiger partial charge in [-0.15, -0.1) is 0 Å². The van der Waals surface area contributed by atoms with Crippen LogP contribution in [0.1, 0.15) is 13.3 Å². The Bertz CT molecular complexity index is 51.6. The van der Waals surface area contributed by atoms with Crippen LogP contribution in [-0.4, -0.2) is 44.1 Å². The fourth-order valence-corrected chi connectivity index (χ4v) is 0.611. The molecule has 0 radical (unpaired) electrons. The first kappa shape index (κ1) is 10.5. The van der Waals surface area contributed by atoms with Crippen LogP contribution < -0.4 is 0 Å². The van der Waals surface area contributed by atoms with Gasteiger partial charge in [-0.3, -0.25) is 0 Å². The van der Waals surface area contributed by atoms with Crippen molar-refractivity contribution in [1.82, 2.24) is 0 Å². The van der Waals surface area contributed by atoms with Crippen molar-refractivity contribution in [3.63, 3.8) is 0 Å². The van der Waals surface area contributed by atoms with Crippen molar-refractivity contribution in [2.45, 2.75) is 18.4 Å². The molecule has 0 heterocycles. The number of hydrogen-bond donors (Lipinski definition) is 0. The van der Waals surface area contributed by atoms with Gasteiger partial charge < -0.3 is 0 Å². The predicted molar refractivity (Wildman–Crippen MR) is 42.5 cm³/mol. The summed E-state index contributed by atoms with van der Waals surface area (Å²) in [6.07, 6.45) is 1.16. The maximum absolute atomic E-state index is 5.25. The number of hydrogen-bond acceptors (Lipinski definition) is 2. The first-order valence-electron chi connectivity index (χ1n) is 4.07. The van der Waals surface area contributed by atoms with Crippen molar-refractivity contribution < 1.29 is 9.47 Å². The molecule has 0 aliphatic carbocycles. The Morgan fingerprint density at radius 2 is 1.80 bits per heavy atom. The van der Waals surface area contributed by atoms with Gasteiger partial charge in [0.25, 0.3) is 0 Å². The molecule has 0 spiro atoms. The van der Waals surface area contributed by atoms with Crippen LogP contribution in [-0.2, 0) is 9.47 Å². The average molecular weight is 138 g/mol. The fourth-order valence-electron chi connectivity index (χ4n) is 0.611. The molecule has 0 fully saturated rings. The molecule has 0 saturated heterocycles. The third kappa shape index (κ3) is 8.52. The summed E-state index contributed by atoms with van der Waals surface area (Å²) >= 11 is 2.16. The Hall–Kier alpha value is 0.517. The summed E-state index contributed by atoms with van der Waals surface area (Å²) in [6.45, 7) is 5.14. The minimum absolute atomic E-state index is 0.736. The van der Waals surface area contributed by atoms with E-state index in [1.54, 1.807) is 0 Å². The van der Waals surface area contributed by atoms with Gasteiger partial charge in [-0.05, 0) is 0 Å². The third-order valence-corrected chi connectivity index (χ3v) is 1.22. The van der Waals surface area contributed by atoms with E-state index < -0.39 is 0 Å². The molecule has 0 aromatic heterocycles. The Morgan fingerprint density at radius 3 is 2.40 bits per heavy atom. The Labute approximate surface area is 72.5 Å². The molecule has 0 amide bonds. The standard InChI is InChI=1S/C7H15O2.Li/c1-3-5-9-7-6-8-4-2;/h1,3-7H2,2H3;. The molecule has 0 rings (SSSR count). The zero-order valence-corrected chi connectivity index (χ0v) is 7.06. The second-order valence-corrected chi connectivity index (χ2v) is 2.16. The van der Waals surface area contributed by atoms with E-state index in [1.165, 1.54) is 5.09 Å². The summed E-state index contributed by atoms with van der Waals surface area (Å²) in [5.41, 5.74) is 0. The Kier molecular flexibility index (Phi) is 10.0. The van der Waals surface area contributed by atoms with Gasteiger partial charge in [-0.25, -0.2) is 0 Å². The van der Waals surface area contributed by atoms with Gasteiger partial charge in [0.1, 0.15) is 0 Å². The Morgan fingerprint density at radius 1 is 1.10 bits per heavy atom. The van der Waals surface area contributed by atoms with Gasteiger partial charge in [0.15, 0.2) is 0 Å². The van der Waals surface area contributed by atoms with Crippen molar-refractivity contribution in [1.29, 1.82) is 0 Å². The molecule has 10 heavy (non-hydrogen) atoms. The first-order valence-corrected chi connectivity index (χ1v) is 4.07. The number of rotatable bonds is 7. The molecule has 0 atom stereocenters. The predicted octanol–water partition coefficient (Wildman–Crippen LogP) is 1.02. The molecule has 0 N–H and O–H groups in total. The van der Waals surface area contributed by atoms with E-state index in [2.05, 4.69) is 17.7 Å². The van der Waals surface area contributed by atoms with E-state index in [1.807, 2.05) is 6.92 Å². The molecule has 0 aromatic carbocycles. The molecular formula is C7H15LiO2. The second kappa shape index (κ2) is 9.52. The Balaban J connectivity index is 2.65. The van der Waals surface area contributed by atoms with Crippen LogP contribution in [0.4, 0.5) is 0 Å². The quantitative estimate of drug-likeness (QED) is 0.386. The van der Waals surface area contributed by atoms with Gasteiger partial charge in [0, 0.05) is 0 Å². The molecule has 0 saturated carbocycles. The summed E-state index contributed by atoms with van der Waals surface area (Å²) in [4.78, 5) is 0. The second-order valence-electron chi connectivity index (χ2n) is 2.16. The molecule has 0 aliphatic heterocycles. The summed E-state index contributed by atoms with van der Waals surface area (Å²) in [7, 11) is 0. The zero-order chi connectivity index (χ0) is 7.66. The summed E-state index contributed by atoms with van der Waals surface area (Å²) in [5.74, 6) is 0. The van der Waals surface area contributed by atoms with Crippen LogP contribution in [0.3, 0.4) is 0 Å². The van der Waals surface area contributed by atoms with Crippen LogP contribution in [0.25, 0.3) is 0 Å². The molecule has 0 unspecified atom stereocenters. The molecule has 0 bridgehead atoms. The molecule has 56 valence electrons. The van der Waals surface area contributed by atoms with E-state index >= 15 is 0 Å². The molecule has 3 heteroatoms. The van der Waals surface area contributed by atoms with E-state index in [9.17, 15) is 0 Å². The van der Waals surface area contributed by atoms with Crippen molar-refractivity contribution in [3.8, 4) is 0 Å². The topological polar surface area (TPSA) is 18.5 Å². The van der Waals surface area contributed by atoms with Crippen LogP contribution >= 0.6 is 0 Å². The van der Waals surface area contributed by atoms with E-state index in [0.717, 1.165) is 32.8 Å². The molecule has 2 nitrogen and oxygen atoms in total. The number of ether oxygens (including phenoxy) is 2.